The second kappa shape index (κ2) is 11.6. The summed E-state index contributed by atoms with van der Waals surface area (Å²) in [7, 11) is 1.56. The third kappa shape index (κ3) is 5.55. The van der Waals surface area contributed by atoms with Crippen LogP contribution in [0.1, 0.15) is 29.3 Å². The number of ether oxygens (including phenoxy) is 4. The molecule has 40 heavy (non-hydrogen) atoms. The Labute approximate surface area is 236 Å². The molecule has 2 amide bonds. The van der Waals surface area contributed by atoms with Crippen LogP contribution in [0.2, 0.25) is 0 Å². The van der Waals surface area contributed by atoms with E-state index in [0.717, 1.165) is 5.56 Å². The smallest absolute Gasteiger partial charge is 0.338 e. The van der Waals surface area contributed by atoms with Gasteiger partial charge in [0.2, 0.25) is 12.7 Å². The summed E-state index contributed by atoms with van der Waals surface area (Å²) in [5.41, 5.74) is 2.28. The second-order valence-electron chi connectivity index (χ2n) is 9.04. The predicted molar refractivity (Wildman–Crippen MR) is 151 cm³/mol. The highest BCUT2D eigenvalue weighted by atomic mass is 32.1. The fourth-order valence-electron chi connectivity index (χ4n) is 4.51. The van der Waals surface area contributed by atoms with Gasteiger partial charge in [0.05, 0.1) is 31.4 Å². The number of hydrogen-bond donors (Lipinski definition) is 1. The molecule has 1 fully saturated rings. The fourth-order valence-corrected chi connectivity index (χ4v) is 4.90. The molecule has 3 aromatic carbocycles. The number of nitrogens with one attached hydrogen (secondary N) is 1. The van der Waals surface area contributed by atoms with Crippen LogP contribution in [0.25, 0.3) is 0 Å². The maximum absolute atomic E-state index is 13.7. The van der Waals surface area contributed by atoms with Crippen LogP contribution in [0.15, 0.2) is 66.7 Å². The van der Waals surface area contributed by atoms with E-state index in [4.69, 9.17) is 31.2 Å². The Hall–Kier alpha value is -4.64. The van der Waals surface area contributed by atoms with Gasteiger partial charge in [-0.3, -0.25) is 14.5 Å². The first-order chi connectivity index (χ1) is 19.4. The van der Waals surface area contributed by atoms with E-state index in [1.54, 1.807) is 67.5 Å². The Morgan fingerprint density at radius 3 is 2.45 bits per heavy atom. The highest BCUT2D eigenvalue weighted by molar-refractivity contribution is 7.80. The van der Waals surface area contributed by atoms with Crippen molar-refractivity contribution in [2.24, 2.45) is 0 Å². The van der Waals surface area contributed by atoms with Gasteiger partial charge in [-0.2, -0.15) is 0 Å². The molecule has 1 saturated heterocycles. The van der Waals surface area contributed by atoms with Crippen LogP contribution < -0.4 is 24.4 Å². The van der Waals surface area contributed by atoms with Gasteiger partial charge in [0.1, 0.15) is 11.8 Å². The van der Waals surface area contributed by atoms with Crippen LogP contribution in [0, 0.1) is 0 Å². The van der Waals surface area contributed by atoms with Gasteiger partial charge in [0.25, 0.3) is 5.91 Å². The normalized spacial score (nSPS) is 15.8. The molecule has 2 heterocycles. The number of nitrogens with zero attached hydrogens (tertiary/aromatic N) is 2. The van der Waals surface area contributed by atoms with Crippen LogP contribution in [0.3, 0.4) is 0 Å². The van der Waals surface area contributed by atoms with Crippen molar-refractivity contribution in [2.45, 2.75) is 25.9 Å². The third-order valence-electron chi connectivity index (χ3n) is 6.50. The number of methoxy groups -OCH3 is 1. The first-order valence-electron chi connectivity index (χ1n) is 12.6. The zero-order valence-electron chi connectivity index (χ0n) is 21.9. The number of anilines is 2. The molecule has 0 saturated carbocycles. The maximum atomic E-state index is 13.7. The number of carbonyl (C=O) groups excluding carboxylic acids is 3. The van der Waals surface area contributed by atoms with Gasteiger partial charge >= 0.3 is 5.97 Å². The molecule has 0 radical (unpaired) electrons. The summed E-state index contributed by atoms with van der Waals surface area (Å²) >= 11 is 5.77. The van der Waals surface area contributed by atoms with E-state index in [9.17, 15) is 14.4 Å². The highest BCUT2D eigenvalue weighted by Gasteiger charge is 2.44. The molecular weight excluding hydrogens is 534 g/mol. The zero-order valence-corrected chi connectivity index (χ0v) is 22.7. The van der Waals surface area contributed by atoms with Gasteiger partial charge in [-0.25, -0.2) is 4.79 Å². The van der Waals surface area contributed by atoms with Crippen LogP contribution in [-0.4, -0.2) is 54.3 Å². The topological polar surface area (TPSA) is 107 Å². The number of thiocarbonyl (C=S) groups is 1. The van der Waals surface area contributed by atoms with Gasteiger partial charge in [-0.15, -0.1) is 0 Å². The monoisotopic (exact) mass is 561 g/mol. The Bertz CT molecular complexity index is 1440. The van der Waals surface area contributed by atoms with E-state index in [-0.39, 0.29) is 43.3 Å². The van der Waals surface area contributed by atoms with Crippen molar-refractivity contribution in [1.82, 2.24) is 4.90 Å². The lowest BCUT2D eigenvalue weighted by Crippen LogP contribution is -2.37. The van der Waals surface area contributed by atoms with E-state index in [2.05, 4.69) is 5.32 Å². The first kappa shape index (κ1) is 26.9. The number of amides is 2. The lowest BCUT2D eigenvalue weighted by atomic mass is 10.1. The molecule has 3 aromatic rings. The standard InChI is InChI=1S/C29H27N3O7S/c1-3-37-28(35)19-5-7-20(8-6-19)30-26(33)15-23-27(34)32(21-9-11-22(36-2)12-10-21)29(40)31(23)16-18-4-13-24-25(14-18)39-17-38-24/h4-14,23H,3,15-17H2,1-2H3,(H,30,33)/t23-/m0/s1. The Morgan fingerprint density at radius 1 is 1.02 bits per heavy atom. The number of fused-ring (bicyclic) bond motifs is 1. The number of esters is 1. The quantitative estimate of drug-likeness (QED) is 0.305. The lowest BCUT2D eigenvalue weighted by Gasteiger charge is -2.24. The van der Waals surface area contributed by atoms with Crippen molar-refractivity contribution in [3.63, 3.8) is 0 Å². The van der Waals surface area contributed by atoms with E-state index in [0.29, 0.717) is 34.2 Å². The summed E-state index contributed by atoms with van der Waals surface area (Å²) in [6.45, 7) is 2.42. The molecule has 1 atom stereocenters. The summed E-state index contributed by atoms with van der Waals surface area (Å²) in [5.74, 6) is 0.766. The molecule has 0 spiro atoms. The van der Waals surface area contributed by atoms with Crippen LogP contribution in [0.4, 0.5) is 11.4 Å². The van der Waals surface area contributed by atoms with Crippen molar-refractivity contribution in [3.8, 4) is 17.2 Å². The van der Waals surface area contributed by atoms with Gasteiger partial charge in [-0.1, -0.05) is 6.07 Å². The van der Waals surface area contributed by atoms with Crippen molar-refractivity contribution < 1.29 is 33.3 Å². The summed E-state index contributed by atoms with van der Waals surface area (Å²) in [6, 6.07) is 18.0. The Balaban J connectivity index is 1.36. The molecule has 11 heteroatoms. The number of carbonyl (C=O) groups is 3. The molecule has 5 rings (SSSR count). The minimum atomic E-state index is -0.848. The van der Waals surface area contributed by atoms with Crippen molar-refractivity contribution >= 4 is 46.5 Å². The Kier molecular flexibility index (Phi) is 7.83. The van der Waals surface area contributed by atoms with Gasteiger partial charge < -0.3 is 29.2 Å². The average Bonchev–Trinajstić information content (AvgIpc) is 3.51. The Morgan fingerprint density at radius 2 is 1.75 bits per heavy atom. The lowest BCUT2D eigenvalue weighted by molar-refractivity contribution is -0.124. The molecule has 2 aliphatic heterocycles. The predicted octanol–water partition coefficient (Wildman–Crippen LogP) is 4.13. The van der Waals surface area contributed by atoms with E-state index < -0.39 is 12.0 Å². The molecule has 0 unspecified atom stereocenters. The van der Waals surface area contributed by atoms with Crippen molar-refractivity contribution in [1.29, 1.82) is 0 Å². The van der Waals surface area contributed by atoms with E-state index >= 15 is 0 Å². The number of rotatable bonds is 9. The molecule has 0 aromatic heterocycles. The minimum absolute atomic E-state index is 0.143. The zero-order chi connectivity index (χ0) is 28.2. The molecule has 0 aliphatic carbocycles. The van der Waals surface area contributed by atoms with Gasteiger partial charge in [0, 0.05) is 12.2 Å². The van der Waals surface area contributed by atoms with E-state index in [1.807, 2.05) is 18.2 Å². The molecule has 0 bridgehead atoms. The molecule has 1 N–H and O–H groups in total. The third-order valence-corrected chi connectivity index (χ3v) is 6.91. The summed E-state index contributed by atoms with van der Waals surface area (Å²) in [6.07, 6.45) is -0.143. The largest absolute Gasteiger partial charge is 0.497 e. The average molecular weight is 562 g/mol. The van der Waals surface area contributed by atoms with Crippen molar-refractivity contribution in [3.05, 3.63) is 77.9 Å². The molecule has 10 nitrogen and oxygen atoms in total. The first-order valence-corrected chi connectivity index (χ1v) is 13.0. The van der Waals surface area contributed by atoms with Crippen LogP contribution in [-0.2, 0) is 20.9 Å². The van der Waals surface area contributed by atoms with Gasteiger partial charge in [-0.05, 0) is 85.4 Å². The second-order valence-corrected chi connectivity index (χ2v) is 9.40. The van der Waals surface area contributed by atoms with E-state index in [1.165, 1.54) is 4.90 Å². The highest BCUT2D eigenvalue weighted by Crippen LogP contribution is 2.35. The minimum Gasteiger partial charge on any atom is -0.497 e. The molecule has 206 valence electrons. The maximum Gasteiger partial charge on any atom is 0.338 e. The number of hydrogen-bond acceptors (Lipinski definition) is 8. The number of benzene rings is 3. The fraction of sp³-hybridized carbons (Fsp3) is 0.241. The summed E-state index contributed by atoms with van der Waals surface area (Å²) < 4.78 is 21.1. The summed E-state index contributed by atoms with van der Waals surface area (Å²) in [4.78, 5) is 41.9. The summed E-state index contributed by atoms with van der Waals surface area (Å²) in [5, 5.41) is 3.09. The SMILES string of the molecule is CCOC(=O)c1ccc(NC(=O)C[C@H]2C(=O)N(c3ccc(OC)cc3)C(=S)N2Cc2ccc3c(c2)OCO3)cc1. The van der Waals surface area contributed by atoms with Crippen LogP contribution >= 0.6 is 12.2 Å². The molecule has 2 aliphatic rings. The van der Waals surface area contributed by atoms with Gasteiger partial charge in [0.15, 0.2) is 16.6 Å². The molecular formula is C29H27N3O7S. The van der Waals surface area contributed by atoms with Crippen LogP contribution in [0.5, 0.6) is 17.2 Å². The van der Waals surface area contributed by atoms with Crippen molar-refractivity contribution in [2.75, 3.05) is 30.7 Å².